The van der Waals surface area contributed by atoms with Crippen molar-refractivity contribution in [3.05, 3.63) is 0 Å². The minimum atomic E-state index is 0.409. The van der Waals surface area contributed by atoms with Gasteiger partial charge in [0.15, 0.2) is 0 Å². The molecule has 0 N–H and O–H groups in total. The number of hydrogen-bond donors (Lipinski definition) is 0. The quantitative estimate of drug-likeness (QED) is 0.625. The molecule has 0 bridgehead atoms. The van der Waals surface area contributed by atoms with E-state index in [0.29, 0.717) is 11.7 Å². The molecule has 1 unspecified atom stereocenters. The molecule has 0 spiro atoms. The van der Waals surface area contributed by atoms with Crippen LogP contribution in [0, 0.1) is 5.92 Å². The van der Waals surface area contributed by atoms with Crippen LogP contribution < -0.4 is 0 Å². The number of hydrogen-bond acceptors (Lipinski definition) is 2. The number of rotatable bonds is 7. The largest absolute Gasteiger partial charge is 0.303 e. The first kappa shape index (κ1) is 11.7. The molecule has 1 fully saturated rings. The van der Waals surface area contributed by atoms with E-state index < -0.39 is 0 Å². The Morgan fingerprint density at radius 2 is 1.86 bits per heavy atom. The highest BCUT2D eigenvalue weighted by Gasteiger charge is 2.27. The summed E-state index contributed by atoms with van der Waals surface area (Å²) in [5.74, 6) is 0.907. The van der Waals surface area contributed by atoms with Gasteiger partial charge in [-0.25, -0.2) is 0 Å². The Balaban J connectivity index is 2.14. The molecular formula is C12H23NO. The van der Waals surface area contributed by atoms with E-state index in [-0.39, 0.29) is 0 Å². The van der Waals surface area contributed by atoms with Gasteiger partial charge in [0.25, 0.3) is 0 Å². The molecule has 0 radical (unpaired) electrons. The summed E-state index contributed by atoms with van der Waals surface area (Å²) in [5, 5.41) is 0. The fraction of sp³-hybridized carbons (Fsp3) is 0.917. The zero-order valence-electron chi connectivity index (χ0n) is 9.59. The van der Waals surface area contributed by atoms with Crippen LogP contribution in [0.15, 0.2) is 0 Å². The summed E-state index contributed by atoms with van der Waals surface area (Å²) in [6, 6.07) is 0. The van der Waals surface area contributed by atoms with Crippen LogP contribution in [0.2, 0.25) is 0 Å². The Kier molecular flexibility index (Phi) is 5.16. The van der Waals surface area contributed by atoms with Gasteiger partial charge in [-0.15, -0.1) is 0 Å². The lowest BCUT2D eigenvalue weighted by Crippen LogP contribution is -2.33. The maximum Gasteiger partial charge on any atom is 0.136 e. The molecule has 82 valence electrons. The van der Waals surface area contributed by atoms with Crippen LogP contribution in [0.3, 0.4) is 0 Å². The number of carbonyl (C=O) groups is 1. The van der Waals surface area contributed by atoms with Crippen LogP contribution in [0.1, 0.15) is 46.0 Å². The fourth-order valence-corrected chi connectivity index (χ4v) is 2.08. The van der Waals surface area contributed by atoms with E-state index in [1.807, 2.05) is 0 Å². The van der Waals surface area contributed by atoms with Crippen LogP contribution in [-0.4, -0.2) is 30.3 Å². The van der Waals surface area contributed by atoms with Gasteiger partial charge in [0, 0.05) is 12.3 Å². The number of nitrogens with zero attached hydrogens (tertiary/aromatic N) is 1. The van der Waals surface area contributed by atoms with E-state index in [4.69, 9.17) is 0 Å². The first-order valence-corrected chi connectivity index (χ1v) is 6.03. The maximum atomic E-state index is 11.1. The van der Waals surface area contributed by atoms with Crippen molar-refractivity contribution in [1.29, 1.82) is 0 Å². The van der Waals surface area contributed by atoms with Crippen molar-refractivity contribution in [2.24, 2.45) is 5.92 Å². The fourth-order valence-electron chi connectivity index (χ4n) is 2.08. The standard InChI is InChI=1S/C12H23NO/c1-3-8-13(9-4-2)10-7-11-5-6-12(11)14/h11H,3-10H2,1-2H3. The molecule has 2 heteroatoms. The van der Waals surface area contributed by atoms with Gasteiger partial charge in [0.1, 0.15) is 5.78 Å². The van der Waals surface area contributed by atoms with Gasteiger partial charge in [-0.1, -0.05) is 13.8 Å². The normalized spacial score (nSPS) is 21.4. The average Bonchev–Trinajstić information content (AvgIpc) is 2.16. The van der Waals surface area contributed by atoms with Crippen LogP contribution in [0.25, 0.3) is 0 Å². The summed E-state index contributed by atoms with van der Waals surface area (Å²) < 4.78 is 0. The Morgan fingerprint density at radius 1 is 1.21 bits per heavy atom. The summed E-state index contributed by atoms with van der Waals surface area (Å²) in [6.07, 6.45) is 5.52. The van der Waals surface area contributed by atoms with Crippen LogP contribution in [0.5, 0.6) is 0 Å². The monoisotopic (exact) mass is 197 g/mol. The predicted octanol–water partition coefficient (Wildman–Crippen LogP) is 2.48. The lowest BCUT2D eigenvalue weighted by molar-refractivity contribution is -0.129. The van der Waals surface area contributed by atoms with E-state index >= 15 is 0 Å². The molecule has 0 aromatic heterocycles. The van der Waals surface area contributed by atoms with Gasteiger partial charge >= 0.3 is 0 Å². The minimum absolute atomic E-state index is 0.409. The molecule has 0 heterocycles. The van der Waals surface area contributed by atoms with E-state index in [2.05, 4.69) is 18.7 Å². The van der Waals surface area contributed by atoms with Gasteiger partial charge in [-0.3, -0.25) is 4.79 Å². The molecule has 0 amide bonds. The third kappa shape index (κ3) is 3.41. The molecule has 0 saturated heterocycles. The zero-order valence-corrected chi connectivity index (χ0v) is 9.59. The smallest absolute Gasteiger partial charge is 0.136 e. The van der Waals surface area contributed by atoms with Gasteiger partial charge < -0.3 is 4.90 Å². The predicted molar refractivity (Wildman–Crippen MR) is 59.4 cm³/mol. The summed E-state index contributed by atoms with van der Waals surface area (Å²) in [5.41, 5.74) is 0. The average molecular weight is 197 g/mol. The summed E-state index contributed by atoms with van der Waals surface area (Å²) in [4.78, 5) is 13.6. The van der Waals surface area contributed by atoms with Crippen molar-refractivity contribution >= 4 is 5.78 Å². The van der Waals surface area contributed by atoms with Crippen molar-refractivity contribution in [3.8, 4) is 0 Å². The number of Topliss-reactive ketones (excluding diaryl/α,β-unsaturated/α-hetero) is 1. The lowest BCUT2D eigenvalue weighted by Gasteiger charge is -2.27. The lowest BCUT2D eigenvalue weighted by atomic mass is 9.81. The molecule has 1 atom stereocenters. The molecule has 1 aliphatic rings. The number of ketones is 1. The van der Waals surface area contributed by atoms with E-state index in [1.54, 1.807) is 0 Å². The highest BCUT2D eigenvalue weighted by Crippen LogP contribution is 2.25. The summed E-state index contributed by atoms with van der Waals surface area (Å²) in [6.45, 7) is 7.94. The van der Waals surface area contributed by atoms with Crippen molar-refractivity contribution in [1.82, 2.24) is 4.90 Å². The molecule has 1 rings (SSSR count). The second-order valence-electron chi connectivity index (χ2n) is 4.33. The minimum Gasteiger partial charge on any atom is -0.303 e. The third-order valence-corrected chi connectivity index (χ3v) is 3.07. The zero-order chi connectivity index (χ0) is 10.4. The molecular weight excluding hydrogens is 174 g/mol. The van der Waals surface area contributed by atoms with E-state index in [9.17, 15) is 4.79 Å². The first-order chi connectivity index (χ1) is 6.77. The van der Waals surface area contributed by atoms with E-state index in [1.165, 1.54) is 25.9 Å². The van der Waals surface area contributed by atoms with E-state index in [0.717, 1.165) is 25.8 Å². The maximum absolute atomic E-state index is 11.1. The summed E-state index contributed by atoms with van der Waals surface area (Å²) in [7, 11) is 0. The van der Waals surface area contributed by atoms with Crippen molar-refractivity contribution in [2.45, 2.75) is 46.0 Å². The third-order valence-electron chi connectivity index (χ3n) is 3.07. The first-order valence-electron chi connectivity index (χ1n) is 6.03. The Hall–Kier alpha value is -0.370. The highest BCUT2D eigenvalue weighted by atomic mass is 16.1. The second kappa shape index (κ2) is 6.18. The van der Waals surface area contributed by atoms with Gasteiger partial charge in [0.05, 0.1) is 0 Å². The Morgan fingerprint density at radius 3 is 2.21 bits per heavy atom. The van der Waals surface area contributed by atoms with Crippen molar-refractivity contribution in [3.63, 3.8) is 0 Å². The molecule has 1 saturated carbocycles. The highest BCUT2D eigenvalue weighted by molar-refractivity contribution is 5.86. The van der Waals surface area contributed by atoms with Gasteiger partial charge in [-0.05, 0) is 45.3 Å². The molecule has 0 aliphatic heterocycles. The Labute approximate surface area is 87.7 Å². The van der Waals surface area contributed by atoms with Crippen molar-refractivity contribution in [2.75, 3.05) is 19.6 Å². The Bertz CT molecular complexity index is 173. The van der Waals surface area contributed by atoms with Crippen LogP contribution in [-0.2, 0) is 4.79 Å². The second-order valence-corrected chi connectivity index (χ2v) is 4.33. The molecule has 0 aromatic rings. The molecule has 2 nitrogen and oxygen atoms in total. The molecule has 0 aromatic carbocycles. The number of carbonyl (C=O) groups excluding carboxylic acids is 1. The van der Waals surface area contributed by atoms with Crippen LogP contribution >= 0.6 is 0 Å². The topological polar surface area (TPSA) is 20.3 Å². The summed E-state index contributed by atoms with van der Waals surface area (Å²) >= 11 is 0. The molecule has 14 heavy (non-hydrogen) atoms. The SMILES string of the molecule is CCCN(CCC)CCC1CCC1=O. The van der Waals surface area contributed by atoms with Crippen LogP contribution in [0.4, 0.5) is 0 Å². The van der Waals surface area contributed by atoms with Gasteiger partial charge in [-0.2, -0.15) is 0 Å². The molecule has 1 aliphatic carbocycles. The van der Waals surface area contributed by atoms with Gasteiger partial charge in [0.2, 0.25) is 0 Å². The van der Waals surface area contributed by atoms with Crippen molar-refractivity contribution < 1.29 is 4.79 Å².